The topological polar surface area (TPSA) is 40.2 Å². The van der Waals surface area contributed by atoms with Crippen molar-refractivity contribution in [3.63, 3.8) is 0 Å². The average molecular weight is 365 g/mol. The van der Waals surface area contributed by atoms with Gasteiger partial charge in [-0.3, -0.25) is 4.90 Å². The Morgan fingerprint density at radius 2 is 1.17 bits per heavy atom. The Bertz CT molecular complexity index is 318. The summed E-state index contributed by atoms with van der Waals surface area (Å²) < 4.78 is 23.8. The van der Waals surface area contributed by atoms with Crippen molar-refractivity contribution in [3.05, 3.63) is 0 Å². The van der Waals surface area contributed by atoms with Crippen molar-refractivity contribution in [3.8, 4) is 0 Å². The van der Waals surface area contributed by atoms with Gasteiger partial charge in [-0.05, 0) is 13.0 Å². The fourth-order valence-electron chi connectivity index (χ4n) is 2.20. The Hall–Kier alpha value is 0.660. The third-order valence-electron chi connectivity index (χ3n) is 3.86. The molecule has 5 nitrogen and oxygen atoms in total. The van der Waals surface area contributed by atoms with Gasteiger partial charge in [-0.2, -0.15) is 0 Å². The Morgan fingerprint density at radius 1 is 0.783 bits per heavy atom. The molecular formula is C16H33NO4P2. The van der Waals surface area contributed by atoms with Gasteiger partial charge in [0.2, 0.25) is 0 Å². The Balaban J connectivity index is 1.80. The highest BCUT2D eigenvalue weighted by Gasteiger charge is 2.33. The summed E-state index contributed by atoms with van der Waals surface area (Å²) in [7, 11) is -1.61. The molecule has 2 aliphatic heterocycles. The predicted octanol–water partition coefficient (Wildman–Crippen LogP) is 4.77. The molecule has 2 fully saturated rings. The van der Waals surface area contributed by atoms with Crippen molar-refractivity contribution < 1.29 is 18.1 Å². The molecule has 7 heteroatoms. The van der Waals surface area contributed by atoms with Crippen molar-refractivity contribution in [1.82, 2.24) is 4.90 Å². The van der Waals surface area contributed by atoms with E-state index < -0.39 is 16.8 Å². The van der Waals surface area contributed by atoms with Crippen LogP contribution in [0.4, 0.5) is 0 Å². The lowest BCUT2D eigenvalue weighted by molar-refractivity contribution is 0.0525. The maximum Gasteiger partial charge on any atom is 0.185 e. The summed E-state index contributed by atoms with van der Waals surface area (Å²) in [5, 5.41) is 0. The number of rotatable bonds is 7. The van der Waals surface area contributed by atoms with Crippen molar-refractivity contribution in [2.24, 2.45) is 10.8 Å². The molecule has 2 rings (SSSR count). The fraction of sp³-hybridized carbons (Fsp3) is 1.00. The summed E-state index contributed by atoms with van der Waals surface area (Å²) in [5.41, 5.74) is 0.274. The molecule has 2 saturated heterocycles. The van der Waals surface area contributed by atoms with E-state index in [0.29, 0.717) is 0 Å². The van der Waals surface area contributed by atoms with Crippen LogP contribution in [0, 0.1) is 10.8 Å². The van der Waals surface area contributed by atoms with Crippen molar-refractivity contribution in [2.75, 3.05) is 45.5 Å². The molecule has 0 saturated carbocycles. The van der Waals surface area contributed by atoms with Crippen molar-refractivity contribution >= 4 is 16.8 Å². The summed E-state index contributed by atoms with van der Waals surface area (Å²) >= 11 is 0. The molecule has 2 heterocycles. The van der Waals surface area contributed by atoms with Gasteiger partial charge in [0.15, 0.2) is 16.8 Å². The lowest BCUT2D eigenvalue weighted by atomic mass is 9.97. The molecule has 0 radical (unpaired) electrons. The lowest BCUT2D eigenvalue weighted by Gasteiger charge is -2.38. The van der Waals surface area contributed by atoms with E-state index in [1.54, 1.807) is 0 Å². The molecule has 0 bridgehead atoms. The van der Waals surface area contributed by atoms with Crippen LogP contribution in [0.3, 0.4) is 0 Å². The maximum atomic E-state index is 5.95. The molecule has 0 spiro atoms. The van der Waals surface area contributed by atoms with Gasteiger partial charge >= 0.3 is 0 Å². The van der Waals surface area contributed by atoms with Gasteiger partial charge in [0, 0.05) is 10.8 Å². The van der Waals surface area contributed by atoms with Crippen molar-refractivity contribution in [1.29, 1.82) is 0 Å². The maximum absolute atomic E-state index is 5.95. The molecule has 0 N–H and O–H groups in total. The van der Waals surface area contributed by atoms with Crippen LogP contribution in [-0.4, -0.2) is 50.4 Å². The average Bonchev–Trinajstić information content (AvgIpc) is 2.49. The number of hydrogen-bond acceptors (Lipinski definition) is 5. The Kier molecular flexibility index (Phi) is 7.69. The van der Waals surface area contributed by atoms with Gasteiger partial charge in [-0.25, -0.2) is 0 Å². The van der Waals surface area contributed by atoms with Gasteiger partial charge < -0.3 is 18.1 Å². The third kappa shape index (κ3) is 7.20. The quantitative estimate of drug-likeness (QED) is 0.608. The first kappa shape index (κ1) is 20.0. The van der Waals surface area contributed by atoms with Crippen LogP contribution >= 0.6 is 16.8 Å². The molecule has 0 aliphatic carbocycles. The molecule has 136 valence electrons. The molecule has 0 aromatic carbocycles. The highest BCUT2D eigenvalue weighted by molar-refractivity contribution is 7.48. The fourth-order valence-corrected chi connectivity index (χ4v) is 5.95. The van der Waals surface area contributed by atoms with Gasteiger partial charge in [-0.15, -0.1) is 0 Å². The van der Waals surface area contributed by atoms with Gasteiger partial charge in [0.25, 0.3) is 0 Å². The first-order valence-electron chi connectivity index (χ1n) is 8.59. The summed E-state index contributed by atoms with van der Waals surface area (Å²) in [5.74, 6) is 0. The second kappa shape index (κ2) is 8.85. The number of hydrogen-bond donors (Lipinski definition) is 0. The van der Waals surface area contributed by atoms with E-state index in [4.69, 9.17) is 18.1 Å². The van der Waals surface area contributed by atoms with E-state index in [9.17, 15) is 0 Å². The van der Waals surface area contributed by atoms with E-state index in [1.807, 2.05) is 0 Å². The summed E-state index contributed by atoms with van der Waals surface area (Å²) in [6, 6.07) is 0. The van der Waals surface area contributed by atoms with E-state index in [1.165, 1.54) is 12.8 Å². The zero-order chi connectivity index (χ0) is 16.9. The molecule has 23 heavy (non-hydrogen) atoms. The summed E-state index contributed by atoms with van der Waals surface area (Å²) in [4.78, 5) is 2.41. The first-order chi connectivity index (χ1) is 10.8. The van der Waals surface area contributed by atoms with Crippen LogP contribution in [0.1, 0.15) is 47.5 Å². The predicted molar refractivity (Wildman–Crippen MR) is 96.6 cm³/mol. The van der Waals surface area contributed by atoms with E-state index in [-0.39, 0.29) is 10.8 Å². The minimum absolute atomic E-state index is 0.137. The Morgan fingerprint density at radius 3 is 1.52 bits per heavy atom. The van der Waals surface area contributed by atoms with Crippen LogP contribution in [-0.2, 0) is 18.1 Å². The lowest BCUT2D eigenvalue weighted by Crippen LogP contribution is -2.34. The zero-order valence-electron chi connectivity index (χ0n) is 15.3. The van der Waals surface area contributed by atoms with Crippen molar-refractivity contribution in [2.45, 2.75) is 47.5 Å². The largest absolute Gasteiger partial charge is 0.333 e. The zero-order valence-corrected chi connectivity index (χ0v) is 17.1. The molecule has 2 aliphatic rings. The first-order valence-corrected chi connectivity index (χ1v) is 11.3. The van der Waals surface area contributed by atoms with Crippen LogP contribution in [0.5, 0.6) is 0 Å². The van der Waals surface area contributed by atoms with Crippen LogP contribution in [0.2, 0.25) is 0 Å². The van der Waals surface area contributed by atoms with Crippen LogP contribution in [0.15, 0.2) is 0 Å². The van der Waals surface area contributed by atoms with E-state index >= 15 is 0 Å². The minimum atomic E-state index is -0.807. The van der Waals surface area contributed by atoms with Gasteiger partial charge in [0.05, 0.1) is 39.0 Å². The van der Waals surface area contributed by atoms with Gasteiger partial charge in [0.1, 0.15) is 0 Å². The second-order valence-corrected chi connectivity index (χ2v) is 11.0. The second-order valence-electron chi connectivity index (χ2n) is 8.12. The Labute approximate surface area is 144 Å². The summed E-state index contributed by atoms with van der Waals surface area (Å²) in [6.45, 7) is 15.2. The molecule has 0 aromatic heterocycles. The van der Waals surface area contributed by atoms with Crippen LogP contribution in [0.25, 0.3) is 0 Å². The molecule has 0 atom stereocenters. The third-order valence-corrected chi connectivity index (χ3v) is 6.79. The SMILES string of the molecule is CCCCN(CP1OCC(C)(C)CO1)CP1OCC(C)(C)CO1. The van der Waals surface area contributed by atoms with Crippen LogP contribution < -0.4 is 0 Å². The smallest absolute Gasteiger partial charge is 0.185 e. The highest BCUT2D eigenvalue weighted by Crippen LogP contribution is 2.50. The molecular weight excluding hydrogens is 332 g/mol. The number of nitrogens with zero attached hydrogens (tertiary/aromatic N) is 1. The molecule has 0 aromatic rings. The highest BCUT2D eigenvalue weighted by atomic mass is 31.2. The van der Waals surface area contributed by atoms with E-state index in [2.05, 4.69) is 39.5 Å². The standard InChI is InChI=1S/C16H33NO4P2/c1-6-7-8-17(13-22-18-9-15(2,3)10-19-22)14-23-20-11-16(4,5)12-21-23/h6-14H2,1-5H3. The number of unbranched alkanes of at least 4 members (excludes halogenated alkanes) is 1. The molecule has 0 unspecified atom stereocenters. The molecule has 0 amide bonds. The monoisotopic (exact) mass is 365 g/mol. The van der Waals surface area contributed by atoms with Gasteiger partial charge in [-0.1, -0.05) is 41.0 Å². The minimum Gasteiger partial charge on any atom is -0.333 e. The normalized spacial score (nSPS) is 25.8. The summed E-state index contributed by atoms with van der Waals surface area (Å²) in [6.07, 6.45) is 4.10. The van der Waals surface area contributed by atoms with E-state index in [0.717, 1.165) is 45.5 Å².